The number of nitrogen functional groups attached to an aromatic ring is 1. The van der Waals surface area contributed by atoms with Gasteiger partial charge in [-0.3, -0.25) is 56.5 Å². The van der Waals surface area contributed by atoms with Crippen LogP contribution in [-0.2, 0) is 79.5 Å². The number of aliphatic hydroxyl groups excluding tert-OH is 3. The third-order valence-electron chi connectivity index (χ3n) is 8.73. The van der Waals surface area contributed by atoms with E-state index in [0.717, 1.165) is 29.0 Å². The number of nitrogens with two attached hydrogens (primary N) is 4. The van der Waals surface area contributed by atoms with E-state index in [1.807, 2.05) is 0 Å². The van der Waals surface area contributed by atoms with Gasteiger partial charge in [-0.2, -0.15) is 4.31 Å². The fourth-order valence-corrected chi connectivity index (χ4v) is 8.60. The summed E-state index contributed by atoms with van der Waals surface area (Å²) < 4.78 is 61.9. The minimum atomic E-state index is -5.57. The fourth-order valence-electron chi connectivity index (χ4n) is 5.10. The zero-order chi connectivity index (χ0) is 59.6. The molecule has 2 aromatic heterocycles. The predicted molar refractivity (Wildman–Crippen MR) is 254 cm³/mol. The summed E-state index contributed by atoms with van der Waals surface area (Å²) in [6.07, 6.45) is -8.18. The molecular weight excluding hydrogens is 1130 g/mol. The molecule has 1 fully saturated rings. The highest BCUT2D eigenvalue weighted by atomic mass is 32.2. The van der Waals surface area contributed by atoms with Gasteiger partial charge in [0.15, 0.2) is 22.8 Å². The number of amides is 3. The Labute approximate surface area is 437 Å². The van der Waals surface area contributed by atoms with Crippen LogP contribution in [-0.4, -0.2) is 203 Å². The molecule has 1 saturated heterocycles. The van der Waals surface area contributed by atoms with Gasteiger partial charge in [-0.15, -0.1) is 0 Å². The van der Waals surface area contributed by atoms with Crippen molar-refractivity contribution >= 4 is 105 Å². The van der Waals surface area contributed by atoms with Crippen molar-refractivity contribution in [3.8, 4) is 0 Å². The Morgan fingerprint density at radius 2 is 1.51 bits per heavy atom. The van der Waals surface area contributed by atoms with Crippen molar-refractivity contribution in [1.82, 2.24) is 30.2 Å². The maximum absolute atomic E-state index is 12.6. The lowest BCUT2D eigenvalue weighted by Crippen LogP contribution is -2.46. The van der Waals surface area contributed by atoms with E-state index in [2.05, 4.69) is 40.2 Å². The Hall–Kier alpha value is -5.54. The smallest absolute Gasteiger partial charge is 0.481 e. The summed E-state index contributed by atoms with van der Waals surface area (Å²) in [6.45, 7) is 0.320. The second kappa shape index (κ2) is 33.7. The normalized spacial score (nSPS) is 18.4. The number of rotatable bonds is 29. The Bertz CT molecular complexity index is 2500. The monoisotopic (exact) mass is 1190 g/mol. The predicted octanol–water partition coefficient (Wildman–Crippen LogP) is -5.14. The molecule has 77 heavy (non-hydrogen) atoms. The van der Waals surface area contributed by atoms with E-state index in [0.29, 0.717) is 0 Å². The number of Topliss-reactive ketones (excluding diaryl/α,β-unsaturated/α-hetero) is 1. The highest BCUT2D eigenvalue weighted by Crippen LogP contribution is 2.61. The van der Waals surface area contributed by atoms with Crippen LogP contribution in [0.25, 0.3) is 11.2 Å². The van der Waals surface area contributed by atoms with Gasteiger partial charge in [-0.1, -0.05) is 25.6 Å². The quantitative estimate of drug-likeness (QED) is 0.0157. The number of anilines is 1. The van der Waals surface area contributed by atoms with Gasteiger partial charge in [0, 0.05) is 43.6 Å². The molecule has 2 aromatic rings. The van der Waals surface area contributed by atoms with E-state index < -0.39 is 133 Å². The van der Waals surface area contributed by atoms with Crippen molar-refractivity contribution in [1.29, 1.82) is 0 Å². The van der Waals surface area contributed by atoms with E-state index >= 15 is 0 Å². The lowest BCUT2D eigenvalue weighted by molar-refractivity contribution is -0.152. The molecule has 2 unspecified atom stereocenters. The molecule has 3 heterocycles. The van der Waals surface area contributed by atoms with E-state index in [1.54, 1.807) is 0 Å². The Morgan fingerprint density at radius 1 is 0.896 bits per heavy atom. The molecule has 3 amide bonds. The molecule has 42 heteroatoms. The number of carbonyl (C=O) groups is 9. The van der Waals surface area contributed by atoms with Crippen LogP contribution in [0, 0.1) is 5.41 Å². The van der Waals surface area contributed by atoms with Crippen LogP contribution in [0.15, 0.2) is 12.7 Å². The number of ether oxygens (including phenoxy) is 1. The van der Waals surface area contributed by atoms with Crippen molar-refractivity contribution < 1.29 is 135 Å². The van der Waals surface area contributed by atoms with Gasteiger partial charge >= 0.3 is 47.3 Å². The van der Waals surface area contributed by atoms with Gasteiger partial charge in [0.1, 0.15) is 48.7 Å². The maximum Gasteiger partial charge on any atom is 0.481 e. The molecule has 0 radical (unpaired) electrons. The number of primary amides is 1. The molecule has 38 nitrogen and oxygen atoms in total. The van der Waals surface area contributed by atoms with Crippen LogP contribution in [0.1, 0.15) is 52.2 Å². The van der Waals surface area contributed by atoms with E-state index in [4.69, 9.17) is 56.5 Å². The number of carbonyl (C=O) groups excluding carboxylic acids is 5. The summed E-state index contributed by atoms with van der Waals surface area (Å²) >= 11 is 0.935. The number of carboxylic acids is 4. The molecular formula is C35H59N10O28P3S. The number of aliphatic hydroxyl groups is 3. The van der Waals surface area contributed by atoms with Crippen molar-refractivity contribution in [2.24, 2.45) is 22.6 Å². The van der Waals surface area contributed by atoms with E-state index in [1.165, 1.54) is 13.8 Å². The van der Waals surface area contributed by atoms with E-state index in [-0.39, 0.29) is 79.8 Å². The maximum atomic E-state index is 12.6. The number of hydrogen-bond donors (Lipinski definition) is 17. The first-order chi connectivity index (χ1) is 35.4. The van der Waals surface area contributed by atoms with E-state index in [9.17, 15) is 86.6 Å². The first kappa shape index (κ1) is 71.5. The van der Waals surface area contributed by atoms with Crippen LogP contribution in [0.3, 0.4) is 0 Å². The van der Waals surface area contributed by atoms with Gasteiger partial charge in [0.2, 0.25) is 17.7 Å². The number of nitrogens with one attached hydrogen (secondary N) is 2. The molecule has 0 aliphatic carbocycles. The first-order valence-corrected chi connectivity index (χ1v) is 26.7. The highest BCUT2D eigenvalue weighted by molar-refractivity contribution is 8.13. The number of phosphoric acid groups is 3. The number of imidazole rings is 1. The zero-order valence-corrected chi connectivity index (χ0v) is 43.8. The largest absolute Gasteiger partial charge is 0.481 e. The van der Waals surface area contributed by atoms with Crippen molar-refractivity contribution in [2.45, 2.75) is 82.6 Å². The third kappa shape index (κ3) is 29.1. The number of ketones is 1. The summed E-state index contributed by atoms with van der Waals surface area (Å²) in [5.41, 5.74) is 18.6. The average molecular weight is 1190 g/mol. The molecule has 1 aliphatic heterocycles. The summed E-state index contributed by atoms with van der Waals surface area (Å²) in [5.74, 6) is -8.44. The molecule has 1 aliphatic rings. The number of aromatic nitrogens is 4. The zero-order valence-electron chi connectivity index (χ0n) is 40.3. The summed E-state index contributed by atoms with van der Waals surface area (Å²) in [7, 11) is -16.4. The number of aliphatic carboxylic acids is 4. The average Bonchev–Trinajstić information content (AvgIpc) is 3.86. The second-order valence-corrected chi connectivity index (χ2v) is 21.0. The molecule has 438 valence electrons. The Kier molecular flexibility index (Phi) is 31.3. The second-order valence-electron chi connectivity index (χ2n) is 15.6. The number of phosphoric ester groups is 3. The van der Waals surface area contributed by atoms with Crippen LogP contribution < -0.4 is 33.6 Å². The van der Waals surface area contributed by atoms with Crippen LogP contribution in [0.4, 0.5) is 5.82 Å². The summed E-state index contributed by atoms with van der Waals surface area (Å²) in [5, 5.41) is 66.2. The topological polar surface area (TPSA) is 645 Å². The van der Waals surface area contributed by atoms with Gasteiger partial charge in [-0.25, -0.2) is 33.4 Å². The number of thioether (sulfide) groups is 1. The molecule has 3 rings (SSSR count). The Morgan fingerprint density at radius 3 is 1.99 bits per heavy atom. The van der Waals surface area contributed by atoms with Gasteiger partial charge in [0.05, 0.1) is 39.0 Å². The van der Waals surface area contributed by atoms with Crippen LogP contribution >= 0.6 is 35.2 Å². The van der Waals surface area contributed by atoms with Crippen LogP contribution in [0.5, 0.6) is 0 Å². The standard InChI is InChI=1S/C24H40N7O18P3S.C4H8N2O3.C4H4O5.C3H7NO2/c1-24(2,19(36)22(37)27-5-3-14(33)26-6-8-53-15(34)4-7-32)10-46-52(43,44)49-51(41,42)45-9-13-18(48-50(38,39)40)17(35)23(47-13)31-12-30-16-20(25)28-11-29-21(16)31;2*5-2(4(8)9)1-3(6)7;4-2-1-3(5)6/h11-13,17-19,23,32,35-36H,3-10H2,1-2H3,(H,26,33)(H,27,37)(H,41,42)(H,43,44)(H2,25,28,29)(H2,38,39,40);2H,1,5H2,(H2,6,7)(H,8,9);1H2,(H,6,7)(H,8,9);1-2,4H2,(H,5,6)/t13-,17-,18-,19+,23-;2-;;/m10../s1. The molecule has 0 aromatic carbocycles. The highest BCUT2D eigenvalue weighted by Gasteiger charge is 2.50. The third-order valence-corrected chi connectivity index (χ3v) is 12.8. The van der Waals surface area contributed by atoms with Crippen LogP contribution in [0.2, 0.25) is 0 Å². The number of hydrogen-bond acceptors (Lipinski definition) is 27. The molecule has 21 N–H and O–H groups in total. The minimum Gasteiger partial charge on any atom is -0.481 e. The summed E-state index contributed by atoms with van der Waals surface area (Å²) in [6, 6.07) is -1.16. The first-order valence-electron chi connectivity index (χ1n) is 21.2. The fraction of sp³-hybridized carbons (Fsp3) is 0.600. The van der Waals surface area contributed by atoms with Gasteiger partial charge in [-0.05, 0) is 0 Å². The number of nitrogens with zero attached hydrogens (tertiary/aromatic N) is 4. The SMILES string of the molecule is CC(C)(COP(=O)(O)OP(=O)(O)OC[C@H]1O[C@@H](n2cnc3c(N)ncnc32)[C@H](O)[C@@H]1OP(=O)(O)O)[C@@H](O)C(=O)NCCC(=O)NCCSC(=O)CCO.NC(=O)C[C@H](N)C(=O)O.NCCC(=O)O.O=C(O)CC(=O)C(=O)O. The van der Waals surface area contributed by atoms with Crippen molar-refractivity contribution in [2.75, 3.05) is 50.9 Å². The lowest BCUT2D eigenvalue weighted by atomic mass is 9.87. The van der Waals surface area contributed by atoms with Gasteiger partial charge < -0.3 is 93.6 Å². The number of fused-ring (bicyclic) bond motifs is 1. The lowest BCUT2D eigenvalue weighted by Gasteiger charge is -2.30. The Balaban J connectivity index is 0.00000197. The molecule has 0 spiro atoms. The van der Waals surface area contributed by atoms with Gasteiger partial charge in [0.25, 0.3) is 5.78 Å². The minimum absolute atomic E-state index is 0.0134. The molecule has 8 atom stereocenters. The summed E-state index contributed by atoms with van der Waals surface area (Å²) in [4.78, 5) is 145. The van der Waals surface area contributed by atoms with Crippen molar-refractivity contribution in [3.63, 3.8) is 0 Å². The number of carboxylic acid groups (broad SMARTS) is 4. The molecule has 0 bridgehead atoms. The molecule has 0 saturated carbocycles. The van der Waals surface area contributed by atoms with Crippen molar-refractivity contribution in [3.05, 3.63) is 12.7 Å².